The molecule has 0 spiro atoms. The van der Waals surface area contributed by atoms with Crippen molar-refractivity contribution in [1.82, 2.24) is 10.6 Å². The van der Waals surface area contributed by atoms with Crippen LogP contribution in [0.4, 0.5) is 0 Å². The molecule has 1 saturated carbocycles. The number of carbonyl (C=O) groups is 1. The Hall–Kier alpha value is -0.570. The lowest BCUT2D eigenvalue weighted by Crippen LogP contribution is -2.40. The first-order valence-electron chi connectivity index (χ1n) is 7.26. The van der Waals surface area contributed by atoms with Gasteiger partial charge in [-0.2, -0.15) is 0 Å². The summed E-state index contributed by atoms with van der Waals surface area (Å²) in [7, 11) is 0. The summed E-state index contributed by atoms with van der Waals surface area (Å²) < 4.78 is 0. The Morgan fingerprint density at radius 1 is 1.18 bits per heavy atom. The Labute approximate surface area is 105 Å². The fourth-order valence-corrected chi connectivity index (χ4v) is 3.10. The van der Waals surface area contributed by atoms with Gasteiger partial charge in [-0.15, -0.1) is 0 Å². The summed E-state index contributed by atoms with van der Waals surface area (Å²) in [6.45, 7) is 4.18. The second-order valence-corrected chi connectivity index (χ2v) is 5.87. The molecule has 0 aromatic rings. The molecule has 98 valence electrons. The van der Waals surface area contributed by atoms with E-state index < -0.39 is 0 Å². The van der Waals surface area contributed by atoms with Crippen LogP contribution in [0.1, 0.15) is 51.9 Å². The molecule has 0 radical (unpaired) electrons. The average molecular weight is 238 g/mol. The molecule has 0 bridgehead atoms. The Kier molecular flexibility index (Phi) is 4.84. The molecule has 1 saturated heterocycles. The third-order valence-corrected chi connectivity index (χ3v) is 4.31. The normalized spacial score (nSPS) is 31.1. The van der Waals surface area contributed by atoms with Crippen LogP contribution in [0.15, 0.2) is 0 Å². The molecule has 2 rings (SSSR count). The summed E-state index contributed by atoms with van der Waals surface area (Å²) in [5.41, 5.74) is 0. The number of carbonyl (C=O) groups excluding carboxylic acids is 1. The van der Waals surface area contributed by atoms with Crippen molar-refractivity contribution in [2.45, 2.75) is 57.9 Å². The molecule has 0 aromatic carbocycles. The highest BCUT2D eigenvalue weighted by atomic mass is 16.1. The monoisotopic (exact) mass is 238 g/mol. The van der Waals surface area contributed by atoms with Crippen LogP contribution in [-0.4, -0.2) is 25.0 Å². The Morgan fingerprint density at radius 3 is 2.47 bits per heavy atom. The lowest BCUT2D eigenvalue weighted by molar-refractivity contribution is -0.122. The molecule has 1 aliphatic heterocycles. The predicted molar refractivity (Wildman–Crippen MR) is 69.8 cm³/mol. The molecule has 1 heterocycles. The van der Waals surface area contributed by atoms with E-state index in [-0.39, 0.29) is 5.91 Å². The van der Waals surface area contributed by atoms with Gasteiger partial charge < -0.3 is 10.6 Å². The van der Waals surface area contributed by atoms with Crippen molar-refractivity contribution in [2.75, 3.05) is 13.1 Å². The van der Waals surface area contributed by atoms with Gasteiger partial charge in [-0.3, -0.25) is 4.79 Å². The number of hydrogen-bond acceptors (Lipinski definition) is 2. The van der Waals surface area contributed by atoms with Gasteiger partial charge in [-0.25, -0.2) is 0 Å². The Balaban J connectivity index is 1.72. The van der Waals surface area contributed by atoms with Gasteiger partial charge in [0, 0.05) is 19.0 Å². The molecule has 1 amide bonds. The van der Waals surface area contributed by atoms with Crippen LogP contribution < -0.4 is 10.6 Å². The van der Waals surface area contributed by atoms with E-state index in [9.17, 15) is 4.79 Å². The first kappa shape index (κ1) is 12.9. The summed E-state index contributed by atoms with van der Waals surface area (Å²) in [6.07, 6.45) is 8.63. The summed E-state index contributed by atoms with van der Waals surface area (Å²) in [5.74, 6) is 1.49. The van der Waals surface area contributed by atoms with Crippen LogP contribution in [-0.2, 0) is 4.79 Å². The van der Waals surface area contributed by atoms with Crippen molar-refractivity contribution in [3.8, 4) is 0 Å². The summed E-state index contributed by atoms with van der Waals surface area (Å²) in [4.78, 5) is 12.0. The van der Waals surface area contributed by atoms with E-state index in [1.54, 1.807) is 0 Å². The first-order chi connectivity index (χ1) is 8.25. The van der Waals surface area contributed by atoms with Gasteiger partial charge in [0.15, 0.2) is 0 Å². The minimum atomic E-state index is 0.275. The summed E-state index contributed by atoms with van der Waals surface area (Å²) in [5, 5.41) is 6.52. The summed E-state index contributed by atoms with van der Waals surface area (Å²) in [6, 6.07) is 0.355. The largest absolute Gasteiger partial charge is 0.352 e. The van der Waals surface area contributed by atoms with Crippen molar-refractivity contribution >= 4 is 5.91 Å². The highest BCUT2D eigenvalue weighted by Crippen LogP contribution is 2.25. The van der Waals surface area contributed by atoms with Gasteiger partial charge in [0.05, 0.1) is 0 Å². The molecule has 17 heavy (non-hydrogen) atoms. The predicted octanol–water partition coefficient (Wildman–Crippen LogP) is 2.07. The highest BCUT2D eigenvalue weighted by Gasteiger charge is 2.25. The SMILES string of the molecule is CC1CNCC1NC(=O)CC1CCCCCC1. The standard InChI is InChI=1S/C14H26N2O/c1-11-9-15-10-13(11)16-14(17)8-12-6-4-2-3-5-7-12/h11-13,15H,2-10H2,1H3,(H,16,17). The molecular weight excluding hydrogens is 212 g/mol. The first-order valence-corrected chi connectivity index (χ1v) is 7.26. The van der Waals surface area contributed by atoms with E-state index in [0.29, 0.717) is 17.9 Å². The van der Waals surface area contributed by atoms with Gasteiger partial charge in [-0.1, -0.05) is 32.6 Å². The van der Waals surface area contributed by atoms with Gasteiger partial charge in [0.1, 0.15) is 0 Å². The minimum absolute atomic E-state index is 0.275. The Morgan fingerprint density at radius 2 is 1.88 bits per heavy atom. The van der Waals surface area contributed by atoms with Crippen molar-refractivity contribution in [2.24, 2.45) is 11.8 Å². The molecule has 2 atom stereocenters. The van der Waals surface area contributed by atoms with E-state index in [1.165, 1.54) is 38.5 Å². The lowest BCUT2D eigenvalue weighted by Gasteiger charge is -2.19. The van der Waals surface area contributed by atoms with E-state index in [0.717, 1.165) is 19.5 Å². The average Bonchev–Trinajstić information content (AvgIpc) is 2.55. The van der Waals surface area contributed by atoms with E-state index >= 15 is 0 Å². The molecule has 1 aliphatic carbocycles. The molecule has 0 aromatic heterocycles. The zero-order valence-electron chi connectivity index (χ0n) is 11.0. The third kappa shape index (κ3) is 3.98. The topological polar surface area (TPSA) is 41.1 Å². The molecule has 2 N–H and O–H groups in total. The van der Waals surface area contributed by atoms with Crippen molar-refractivity contribution < 1.29 is 4.79 Å². The molecular formula is C14H26N2O. The fourth-order valence-electron chi connectivity index (χ4n) is 3.10. The highest BCUT2D eigenvalue weighted by molar-refractivity contribution is 5.76. The van der Waals surface area contributed by atoms with Crippen LogP contribution in [0.3, 0.4) is 0 Å². The van der Waals surface area contributed by atoms with Crippen LogP contribution in [0.2, 0.25) is 0 Å². The number of hydrogen-bond donors (Lipinski definition) is 2. The van der Waals surface area contributed by atoms with Gasteiger partial charge in [0.25, 0.3) is 0 Å². The van der Waals surface area contributed by atoms with Crippen LogP contribution in [0.5, 0.6) is 0 Å². The van der Waals surface area contributed by atoms with Crippen LogP contribution >= 0.6 is 0 Å². The second kappa shape index (κ2) is 6.39. The fraction of sp³-hybridized carbons (Fsp3) is 0.929. The lowest BCUT2D eigenvalue weighted by atomic mass is 9.96. The van der Waals surface area contributed by atoms with Crippen molar-refractivity contribution in [3.63, 3.8) is 0 Å². The molecule has 2 aliphatic rings. The summed E-state index contributed by atoms with van der Waals surface area (Å²) >= 11 is 0. The van der Waals surface area contributed by atoms with E-state index in [1.807, 2.05) is 0 Å². The maximum absolute atomic E-state index is 12.0. The van der Waals surface area contributed by atoms with E-state index in [4.69, 9.17) is 0 Å². The van der Waals surface area contributed by atoms with Crippen LogP contribution in [0.25, 0.3) is 0 Å². The van der Waals surface area contributed by atoms with Gasteiger partial charge >= 0.3 is 0 Å². The van der Waals surface area contributed by atoms with Gasteiger partial charge in [-0.05, 0) is 31.2 Å². The molecule has 3 heteroatoms. The van der Waals surface area contributed by atoms with Crippen LogP contribution in [0, 0.1) is 11.8 Å². The minimum Gasteiger partial charge on any atom is -0.352 e. The molecule has 3 nitrogen and oxygen atoms in total. The maximum atomic E-state index is 12.0. The second-order valence-electron chi connectivity index (χ2n) is 5.87. The zero-order chi connectivity index (χ0) is 12.1. The van der Waals surface area contributed by atoms with Crippen molar-refractivity contribution in [1.29, 1.82) is 0 Å². The Bertz CT molecular complexity index is 247. The quantitative estimate of drug-likeness (QED) is 0.739. The molecule has 2 unspecified atom stereocenters. The maximum Gasteiger partial charge on any atom is 0.220 e. The smallest absolute Gasteiger partial charge is 0.220 e. The van der Waals surface area contributed by atoms with Crippen molar-refractivity contribution in [3.05, 3.63) is 0 Å². The number of amides is 1. The zero-order valence-corrected chi connectivity index (χ0v) is 11.0. The molecule has 2 fully saturated rings. The third-order valence-electron chi connectivity index (χ3n) is 4.31. The van der Waals surface area contributed by atoms with Gasteiger partial charge in [0.2, 0.25) is 5.91 Å². The number of rotatable bonds is 3. The number of nitrogens with one attached hydrogen (secondary N) is 2. The van der Waals surface area contributed by atoms with E-state index in [2.05, 4.69) is 17.6 Å².